The minimum absolute atomic E-state index is 0.0745. The molecule has 0 saturated heterocycles. The van der Waals surface area contributed by atoms with Crippen molar-refractivity contribution in [2.45, 2.75) is 33.5 Å². The average Bonchev–Trinajstić information content (AvgIpc) is 3.21. The van der Waals surface area contributed by atoms with Crippen LogP contribution in [0.2, 0.25) is 0 Å². The van der Waals surface area contributed by atoms with Crippen molar-refractivity contribution in [2.24, 2.45) is 0 Å². The van der Waals surface area contributed by atoms with E-state index in [9.17, 15) is 22.8 Å². The Morgan fingerprint density at radius 1 is 1.06 bits per heavy atom. The molecular weight excluding hydrogens is 459 g/mol. The van der Waals surface area contributed by atoms with Crippen LogP contribution in [-0.4, -0.2) is 26.2 Å². The van der Waals surface area contributed by atoms with Crippen LogP contribution >= 0.6 is 0 Å². The second kappa shape index (κ2) is 9.21. The highest BCUT2D eigenvalue weighted by Crippen LogP contribution is 2.34. The van der Waals surface area contributed by atoms with E-state index in [1.165, 1.54) is 13.0 Å². The summed E-state index contributed by atoms with van der Waals surface area (Å²) in [6.07, 6.45) is 0.620. The highest BCUT2D eigenvalue weighted by molar-refractivity contribution is 6.06. The fourth-order valence-electron chi connectivity index (χ4n) is 3.59. The molecule has 4 aromatic rings. The number of hydrogen-bond acceptors (Lipinski definition) is 4. The number of rotatable bonds is 5. The SMILES string of the molecule is CC(=O)NCc1ccc(C(=O)Nc2cc(-c3cn4cc(C)cnc4n3)ccc2C)c(C(F)(F)F)c1. The first kappa shape index (κ1) is 23.9. The number of fused-ring (bicyclic) bond motifs is 1. The molecule has 2 aromatic heterocycles. The first-order chi connectivity index (χ1) is 16.5. The van der Waals surface area contributed by atoms with Crippen LogP contribution in [0.4, 0.5) is 18.9 Å². The van der Waals surface area contributed by atoms with Crippen LogP contribution < -0.4 is 10.6 Å². The molecule has 0 aliphatic rings. The van der Waals surface area contributed by atoms with Crippen LogP contribution in [0.15, 0.2) is 55.0 Å². The molecule has 2 heterocycles. The summed E-state index contributed by atoms with van der Waals surface area (Å²) in [4.78, 5) is 32.8. The maximum Gasteiger partial charge on any atom is 0.417 e. The number of alkyl halides is 3. The lowest BCUT2D eigenvalue weighted by Gasteiger charge is -2.16. The summed E-state index contributed by atoms with van der Waals surface area (Å²) in [6.45, 7) is 4.85. The van der Waals surface area contributed by atoms with Crippen LogP contribution in [0.1, 0.15) is 39.5 Å². The summed E-state index contributed by atoms with van der Waals surface area (Å²) < 4.78 is 43.0. The minimum Gasteiger partial charge on any atom is -0.352 e. The quantitative estimate of drug-likeness (QED) is 0.424. The number of anilines is 1. The number of carbonyl (C=O) groups is 2. The highest BCUT2D eigenvalue weighted by atomic mass is 19.4. The molecule has 0 aliphatic heterocycles. The topological polar surface area (TPSA) is 88.4 Å². The van der Waals surface area contributed by atoms with Crippen molar-refractivity contribution >= 4 is 23.3 Å². The smallest absolute Gasteiger partial charge is 0.352 e. The maximum absolute atomic E-state index is 13.7. The van der Waals surface area contributed by atoms with Crippen LogP contribution in [0.3, 0.4) is 0 Å². The number of nitrogens with zero attached hydrogens (tertiary/aromatic N) is 3. The van der Waals surface area contributed by atoms with E-state index in [4.69, 9.17) is 0 Å². The Kier molecular flexibility index (Phi) is 6.29. The van der Waals surface area contributed by atoms with E-state index in [0.717, 1.165) is 17.7 Å². The Balaban J connectivity index is 1.65. The van der Waals surface area contributed by atoms with Gasteiger partial charge in [0.1, 0.15) is 0 Å². The third kappa shape index (κ3) is 5.32. The van der Waals surface area contributed by atoms with Crippen LogP contribution in [-0.2, 0) is 17.5 Å². The largest absolute Gasteiger partial charge is 0.417 e. The van der Waals surface area contributed by atoms with Gasteiger partial charge in [0.05, 0.1) is 16.8 Å². The Bertz CT molecular complexity index is 1440. The second-order valence-electron chi connectivity index (χ2n) is 8.24. The maximum atomic E-state index is 13.7. The van der Waals surface area contributed by atoms with Gasteiger partial charge in [0.2, 0.25) is 11.7 Å². The van der Waals surface area contributed by atoms with Gasteiger partial charge in [0.15, 0.2) is 0 Å². The molecule has 0 atom stereocenters. The van der Waals surface area contributed by atoms with E-state index in [1.807, 2.05) is 19.2 Å². The molecule has 2 N–H and O–H groups in total. The van der Waals surface area contributed by atoms with E-state index in [-0.39, 0.29) is 18.0 Å². The lowest BCUT2D eigenvalue weighted by Crippen LogP contribution is -2.22. The molecule has 0 fully saturated rings. The molecule has 0 bridgehead atoms. The van der Waals surface area contributed by atoms with Gasteiger partial charge >= 0.3 is 6.18 Å². The van der Waals surface area contributed by atoms with Crippen molar-refractivity contribution in [1.29, 1.82) is 0 Å². The number of hydrogen-bond donors (Lipinski definition) is 2. The number of imidazole rings is 1. The zero-order valence-corrected chi connectivity index (χ0v) is 19.2. The summed E-state index contributed by atoms with van der Waals surface area (Å²) in [5.74, 6) is -0.755. The molecule has 2 aromatic carbocycles. The van der Waals surface area contributed by atoms with Crippen molar-refractivity contribution in [3.05, 3.63) is 82.8 Å². The number of aromatic nitrogens is 3. The number of halogens is 3. The molecule has 4 rings (SSSR count). The van der Waals surface area contributed by atoms with E-state index in [1.54, 1.807) is 35.9 Å². The van der Waals surface area contributed by atoms with Gasteiger partial charge in [-0.2, -0.15) is 13.2 Å². The van der Waals surface area contributed by atoms with Gasteiger partial charge in [-0.1, -0.05) is 18.2 Å². The Morgan fingerprint density at radius 3 is 2.54 bits per heavy atom. The molecule has 10 heteroatoms. The predicted molar refractivity (Wildman–Crippen MR) is 125 cm³/mol. The van der Waals surface area contributed by atoms with Gasteiger partial charge in [0.25, 0.3) is 5.91 Å². The van der Waals surface area contributed by atoms with E-state index >= 15 is 0 Å². The minimum atomic E-state index is -4.75. The Labute approximate surface area is 199 Å². The van der Waals surface area contributed by atoms with Crippen molar-refractivity contribution in [2.75, 3.05) is 5.32 Å². The standard InChI is InChI=1S/C25H22F3N5O2/c1-14-10-30-24-32-22(13-33(24)12-14)18-6-4-15(2)21(9-18)31-23(35)19-7-5-17(11-29-16(3)34)8-20(19)25(26,27)28/h4-10,12-13H,11H2,1-3H3,(H,29,34)(H,31,35). The molecule has 0 radical (unpaired) electrons. The Morgan fingerprint density at radius 2 is 1.83 bits per heavy atom. The van der Waals surface area contributed by atoms with Gasteiger partial charge in [-0.3, -0.25) is 14.0 Å². The first-order valence-electron chi connectivity index (χ1n) is 10.7. The third-order valence-corrected chi connectivity index (χ3v) is 5.40. The molecule has 0 spiro atoms. The van der Waals surface area contributed by atoms with Gasteiger partial charge in [0, 0.05) is 43.3 Å². The number of amides is 2. The predicted octanol–water partition coefficient (Wildman–Crippen LogP) is 4.92. The number of nitrogens with one attached hydrogen (secondary N) is 2. The fourth-order valence-corrected chi connectivity index (χ4v) is 3.59. The van der Waals surface area contributed by atoms with Gasteiger partial charge < -0.3 is 10.6 Å². The fraction of sp³-hybridized carbons (Fsp3) is 0.200. The first-order valence-corrected chi connectivity index (χ1v) is 10.7. The summed E-state index contributed by atoms with van der Waals surface area (Å²) >= 11 is 0. The van der Waals surface area contributed by atoms with Crippen molar-refractivity contribution in [1.82, 2.24) is 19.7 Å². The molecule has 0 unspecified atom stereocenters. The summed E-state index contributed by atoms with van der Waals surface area (Å²) in [5.41, 5.74) is 1.93. The van der Waals surface area contributed by atoms with Gasteiger partial charge in [-0.25, -0.2) is 9.97 Å². The molecular formula is C25H22F3N5O2. The van der Waals surface area contributed by atoms with Gasteiger partial charge in [-0.05, 0) is 48.7 Å². The zero-order valence-electron chi connectivity index (χ0n) is 19.2. The normalized spacial score (nSPS) is 11.5. The summed E-state index contributed by atoms with van der Waals surface area (Å²) in [6, 6.07) is 8.62. The van der Waals surface area contributed by atoms with Crippen LogP contribution in [0, 0.1) is 13.8 Å². The molecule has 0 aliphatic carbocycles. The summed E-state index contributed by atoms with van der Waals surface area (Å²) in [5, 5.41) is 5.05. The number of carbonyl (C=O) groups excluding carboxylic acids is 2. The number of aryl methyl sites for hydroxylation is 2. The zero-order chi connectivity index (χ0) is 25.3. The average molecular weight is 481 g/mol. The molecule has 0 saturated carbocycles. The van der Waals surface area contributed by atoms with Crippen molar-refractivity contribution < 1.29 is 22.8 Å². The van der Waals surface area contributed by atoms with E-state index in [0.29, 0.717) is 28.3 Å². The molecule has 2 amide bonds. The second-order valence-corrected chi connectivity index (χ2v) is 8.24. The van der Waals surface area contributed by atoms with Crippen LogP contribution in [0.5, 0.6) is 0 Å². The molecule has 180 valence electrons. The third-order valence-electron chi connectivity index (χ3n) is 5.40. The van der Waals surface area contributed by atoms with Gasteiger partial charge in [-0.15, -0.1) is 0 Å². The van der Waals surface area contributed by atoms with Crippen LogP contribution in [0.25, 0.3) is 17.0 Å². The van der Waals surface area contributed by atoms with Crippen molar-refractivity contribution in [3.8, 4) is 11.3 Å². The Hall–Kier alpha value is -4.21. The summed E-state index contributed by atoms with van der Waals surface area (Å²) in [7, 11) is 0. The lowest BCUT2D eigenvalue weighted by atomic mass is 10.0. The number of benzene rings is 2. The molecule has 35 heavy (non-hydrogen) atoms. The monoisotopic (exact) mass is 481 g/mol. The van der Waals surface area contributed by atoms with Crippen molar-refractivity contribution in [3.63, 3.8) is 0 Å². The highest BCUT2D eigenvalue weighted by Gasteiger charge is 2.35. The van der Waals surface area contributed by atoms with E-state index < -0.39 is 23.2 Å². The lowest BCUT2D eigenvalue weighted by molar-refractivity contribution is -0.138. The molecule has 7 nitrogen and oxygen atoms in total. The van der Waals surface area contributed by atoms with E-state index in [2.05, 4.69) is 20.6 Å².